The van der Waals surface area contributed by atoms with E-state index in [9.17, 15) is 0 Å². The third kappa shape index (κ3) is 2.18. The van der Waals surface area contributed by atoms with Crippen LogP contribution in [0.25, 0.3) is 11.3 Å². The fourth-order valence-electron chi connectivity index (χ4n) is 1.37. The van der Waals surface area contributed by atoms with Crippen molar-refractivity contribution in [3.63, 3.8) is 0 Å². The fourth-order valence-corrected chi connectivity index (χ4v) is 1.37. The van der Waals surface area contributed by atoms with E-state index in [2.05, 4.69) is 21.4 Å². The predicted octanol–water partition coefficient (Wildman–Crippen LogP) is 2.12. The lowest BCUT2D eigenvalue weighted by atomic mass is 10.1. The normalized spacial score (nSPS) is 9.53. The van der Waals surface area contributed by atoms with Gasteiger partial charge in [-0.15, -0.1) is 6.42 Å². The van der Waals surface area contributed by atoms with Crippen LogP contribution in [-0.2, 0) is 0 Å². The highest BCUT2D eigenvalue weighted by Crippen LogP contribution is 2.19. The van der Waals surface area contributed by atoms with Crippen LogP contribution in [0.4, 0.5) is 5.69 Å². The van der Waals surface area contributed by atoms with Crippen molar-refractivity contribution in [2.24, 2.45) is 0 Å². The number of H-pyrrole nitrogens is 1. The summed E-state index contributed by atoms with van der Waals surface area (Å²) in [7, 11) is 0. The third-order valence-corrected chi connectivity index (χ3v) is 2.07. The molecule has 0 fully saturated rings. The van der Waals surface area contributed by atoms with Crippen LogP contribution in [0.1, 0.15) is 0 Å². The molecule has 0 saturated heterocycles. The van der Waals surface area contributed by atoms with E-state index in [0.29, 0.717) is 6.54 Å². The molecule has 0 unspecified atom stereocenters. The number of benzene rings is 1. The number of aromatic amines is 1. The molecule has 0 amide bonds. The Morgan fingerprint density at radius 2 is 2.33 bits per heavy atom. The maximum absolute atomic E-state index is 5.18. The number of aromatic nitrogens is 2. The van der Waals surface area contributed by atoms with Crippen LogP contribution in [0.5, 0.6) is 0 Å². The number of nitrogens with zero attached hydrogens (tertiary/aromatic N) is 1. The summed E-state index contributed by atoms with van der Waals surface area (Å²) in [5.74, 6) is 2.54. The minimum Gasteiger partial charge on any atom is -0.374 e. The van der Waals surface area contributed by atoms with Gasteiger partial charge in [0.15, 0.2) is 0 Å². The van der Waals surface area contributed by atoms with Crippen molar-refractivity contribution < 1.29 is 0 Å². The molecule has 1 heterocycles. The zero-order valence-electron chi connectivity index (χ0n) is 8.20. The highest BCUT2D eigenvalue weighted by Gasteiger charge is 1.98. The van der Waals surface area contributed by atoms with E-state index in [-0.39, 0.29) is 0 Å². The van der Waals surface area contributed by atoms with Crippen LogP contribution in [-0.4, -0.2) is 16.7 Å². The average Bonchev–Trinajstić information content (AvgIpc) is 2.80. The molecule has 0 aliphatic heterocycles. The Morgan fingerprint density at radius 3 is 3.07 bits per heavy atom. The first-order valence-electron chi connectivity index (χ1n) is 4.67. The van der Waals surface area contributed by atoms with Gasteiger partial charge in [0.1, 0.15) is 0 Å². The van der Waals surface area contributed by atoms with Gasteiger partial charge in [0.25, 0.3) is 0 Å². The zero-order chi connectivity index (χ0) is 10.5. The van der Waals surface area contributed by atoms with Gasteiger partial charge < -0.3 is 5.32 Å². The molecule has 1 aromatic carbocycles. The first kappa shape index (κ1) is 9.35. The molecule has 2 aromatic rings. The predicted molar refractivity (Wildman–Crippen MR) is 61.3 cm³/mol. The molecule has 15 heavy (non-hydrogen) atoms. The molecule has 0 aliphatic rings. The van der Waals surface area contributed by atoms with Gasteiger partial charge in [0.2, 0.25) is 0 Å². The van der Waals surface area contributed by atoms with E-state index < -0.39 is 0 Å². The summed E-state index contributed by atoms with van der Waals surface area (Å²) in [6.07, 6.45) is 6.91. The van der Waals surface area contributed by atoms with E-state index in [0.717, 1.165) is 16.9 Å². The minimum atomic E-state index is 0.534. The van der Waals surface area contributed by atoms with Crippen molar-refractivity contribution in [1.82, 2.24) is 10.2 Å². The number of nitrogens with one attached hydrogen (secondary N) is 2. The highest BCUT2D eigenvalue weighted by molar-refractivity contribution is 5.64. The Labute approximate surface area is 88.5 Å². The standard InChI is InChI=1S/C12H11N3/c1-2-7-13-11-5-3-4-10(9-11)12-6-8-14-15-12/h1,3-6,8-9,13H,7H2,(H,14,15). The van der Waals surface area contributed by atoms with Crippen molar-refractivity contribution in [3.8, 4) is 23.6 Å². The van der Waals surface area contributed by atoms with Crippen molar-refractivity contribution >= 4 is 5.69 Å². The lowest BCUT2D eigenvalue weighted by molar-refractivity contribution is 1.10. The van der Waals surface area contributed by atoms with Crippen LogP contribution < -0.4 is 5.32 Å². The molecule has 2 rings (SSSR count). The van der Waals surface area contributed by atoms with Gasteiger partial charge in [0, 0.05) is 17.4 Å². The van der Waals surface area contributed by atoms with Gasteiger partial charge in [0.05, 0.1) is 12.2 Å². The molecule has 3 nitrogen and oxygen atoms in total. The summed E-state index contributed by atoms with van der Waals surface area (Å²) < 4.78 is 0. The van der Waals surface area contributed by atoms with Crippen molar-refractivity contribution in [2.75, 3.05) is 11.9 Å². The molecule has 1 aromatic heterocycles. The Balaban J connectivity index is 2.24. The molecule has 0 aliphatic carbocycles. The number of anilines is 1. The Morgan fingerprint density at radius 1 is 1.40 bits per heavy atom. The summed E-state index contributed by atoms with van der Waals surface area (Å²) in [5.41, 5.74) is 3.11. The quantitative estimate of drug-likeness (QED) is 0.740. The fraction of sp³-hybridized carbons (Fsp3) is 0.0833. The lowest BCUT2D eigenvalue weighted by Gasteiger charge is -2.04. The van der Waals surface area contributed by atoms with Crippen molar-refractivity contribution in [3.05, 3.63) is 36.5 Å². The lowest BCUT2D eigenvalue weighted by Crippen LogP contribution is -1.97. The van der Waals surface area contributed by atoms with Crippen LogP contribution in [0.2, 0.25) is 0 Å². The molecule has 3 heteroatoms. The van der Waals surface area contributed by atoms with E-state index >= 15 is 0 Å². The molecule has 0 radical (unpaired) electrons. The third-order valence-electron chi connectivity index (χ3n) is 2.07. The second-order valence-electron chi connectivity index (χ2n) is 3.11. The Bertz CT molecular complexity index is 466. The first-order chi connectivity index (χ1) is 7.40. The Kier molecular flexibility index (Phi) is 2.70. The maximum Gasteiger partial charge on any atom is 0.0763 e. The second-order valence-corrected chi connectivity index (χ2v) is 3.11. The number of rotatable bonds is 3. The first-order valence-corrected chi connectivity index (χ1v) is 4.67. The molecule has 0 spiro atoms. The van der Waals surface area contributed by atoms with Crippen LogP contribution in [0.3, 0.4) is 0 Å². The molecule has 2 N–H and O–H groups in total. The van der Waals surface area contributed by atoms with Crippen LogP contribution in [0, 0.1) is 12.3 Å². The number of hydrogen-bond acceptors (Lipinski definition) is 2. The summed E-state index contributed by atoms with van der Waals surface area (Å²) in [6, 6.07) is 9.95. The molecular formula is C12H11N3. The maximum atomic E-state index is 5.18. The van der Waals surface area contributed by atoms with Crippen molar-refractivity contribution in [1.29, 1.82) is 0 Å². The number of terminal acetylenes is 1. The smallest absolute Gasteiger partial charge is 0.0763 e. The summed E-state index contributed by atoms with van der Waals surface area (Å²) in [6.45, 7) is 0.534. The molecule has 74 valence electrons. The number of hydrogen-bond donors (Lipinski definition) is 2. The largest absolute Gasteiger partial charge is 0.374 e. The van der Waals surface area contributed by atoms with E-state index in [1.54, 1.807) is 6.20 Å². The molecule has 0 atom stereocenters. The van der Waals surface area contributed by atoms with Gasteiger partial charge in [-0.1, -0.05) is 18.1 Å². The average molecular weight is 197 g/mol. The van der Waals surface area contributed by atoms with E-state index in [4.69, 9.17) is 6.42 Å². The topological polar surface area (TPSA) is 40.7 Å². The van der Waals surface area contributed by atoms with Crippen molar-refractivity contribution in [2.45, 2.75) is 0 Å². The van der Waals surface area contributed by atoms with Gasteiger partial charge in [-0.05, 0) is 18.2 Å². The summed E-state index contributed by atoms with van der Waals surface area (Å²) >= 11 is 0. The summed E-state index contributed by atoms with van der Waals surface area (Å²) in [4.78, 5) is 0. The monoisotopic (exact) mass is 197 g/mol. The minimum absolute atomic E-state index is 0.534. The van der Waals surface area contributed by atoms with Gasteiger partial charge in [-0.2, -0.15) is 5.10 Å². The van der Waals surface area contributed by atoms with Gasteiger partial charge in [-0.25, -0.2) is 0 Å². The zero-order valence-corrected chi connectivity index (χ0v) is 8.20. The Hall–Kier alpha value is -2.21. The van der Waals surface area contributed by atoms with Gasteiger partial charge >= 0.3 is 0 Å². The van der Waals surface area contributed by atoms with Gasteiger partial charge in [-0.3, -0.25) is 5.10 Å². The molecule has 0 saturated carbocycles. The van der Waals surface area contributed by atoms with E-state index in [1.165, 1.54) is 0 Å². The summed E-state index contributed by atoms with van der Waals surface area (Å²) in [5, 5.41) is 9.96. The second kappa shape index (κ2) is 4.34. The van der Waals surface area contributed by atoms with E-state index in [1.807, 2.05) is 30.3 Å². The molecule has 0 bridgehead atoms. The SMILES string of the molecule is C#CCNc1cccc(-c2ccn[nH]2)c1. The molecular weight excluding hydrogens is 186 g/mol. The van der Waals surface area contributed by atoms with Crippen LogP contribution >= 0.6 is 0 Å². The highest BCUT2D eigenvalue weighted by atomic mass is 15.1. The van der Waals surface area contributed by atoms with Crippen LogP contribution in [0.15, 0.2) is 36.5 Å².